The Morgan fingerprint density at radius 2 is 1.62 bits per heavy atom. The molecule has 0 radical (unpaired) electrons. The molecule has 0 unspecified atom stereocenters. The fourth-order valence-corrected chi connectivity index (χ4v) is 3.94. The smallest absolute Gasteiger partial charge is 0.264 e. The van der Waals surface area contributed by atoms with Gasteiger partial charge in [-0.1, -0.05) is 23.8 Å². The largest absolute Gasteiger partial charge is 0.352 e. The van der Waals surface area contributed by atoms with Gasteiger partial charge in [-0.15, -0.1) is 0 Å². The Morgan fingerprint density at radius 1 is 1.00 bits per heavy atom. The Labute approximate surface area is 156 Å². The highest BCUT2D eigenvalue weighted by atomic mass is 32.2. The van der Waals surface area contributed by atoms with Crippen molar-refractivity contribution in [1.29, 1.82) is 0 Å². The fraction of sp³-hybridized carbons (Fsp3) is 0.350. The first-order valence-corrected chi connectivity index (χ1v) is 10.0. The van der Waals surface area contributed by atoms with Crippen LogP contribution < -0.4 is 9.62 Å². The highest BCUT2D eigenvalue weighted by molar-refractivity contribution is 7.92. The van der Waals surface area contributed by atoms with Crippen LogP contribution in [0.4, 0.5) is 5.69 Å². The van der Waals surface area contributed by atoms with Crippen molar-refractivity contribution < 1.29 is 13.2 Å². The Morgan fingerprint density at radius 3 is 2.15 bits per heavy atom. The number of carbonyl (C=O) groups is 1. The van der Waals surface area contributed by atoms with E-state index in [0.29, 0.717) is 5.69 Å². The van der Waals surface area contributed by atoms with Crippen LogP contribution >= 0.6 is 0 Å². The fourth-order valence-electron chi connectivity index (χ4n) is 2.53. The molecule has 0 spiro atoms. The number of carbonyl (C=O) groups excluding carboxylic acids is 1. The maximum absolute atomic E-state index is 13.2. The molecule has 0 aliphatic rings. The average molecular weight is 375 g/mol. The summed E-state index contributed by atoms with van der Waals surface area (Å²) >= 11 is 0. The normalized spacial score (nSPS) is 11.5. The second-order valence-corrected chi connectivity index (χ2v) is 8.68. The molecular weight excluding hydrogens is 348 g/mol. The van der Waals surface area contributed by atoms with Crippen molar-refractivity contribution in [3.05, 3.63) is 59.2 Å². The molecule has 2 rings (SSSR count). The summed E-state index contributed by atoms with van der Waals surface area (Å²) in [5.74, 6) is -0.339. The van der Waals surface area contributed by atoms with Crippen molar-refractivity contribution in [2.24, 2.45) is 0 Å². The predicted octanol–water partition coefficient (Wildman–Crippen LogP) is 3.33. The number of sulfonamides is 1. The van der Waals surface area contributed by atoms with Gasteiger partial charge in [-0.2, -0.15) is 0 Å². The summed E-state index contributed by atoms with van der Waals surface area (Å²) in [4.78, 5) is 12.5. The number of anilines is 1. The number of aryl methyl sites for hydroxylation is 3. The first-order chi connectivity index (χ1) is 12.1. The zero-order chi connectivity index (χ0) is 19.5. The molecule has 5 nitrogen and oxygen atoms in total. The molecule has 26 heavy (non-hydrogen) atoms. The molecule has 1 amide bonds. The van der Waals surface area contributed by atoms with Crippen LogP contribution in [0.2, 0.25) is 0 Å². The van der Waals surface area contributed by atoms with E-state index in [0.717, 1.165) is 16.7 Å². The minimum absolute atomic E-state index is 0.0637. The molecule has 0 saturated heterocycles. The Balaban J connectivity index is 2.49. The van der Waals surface area contributed by atoms with Gasteiger partial charge in [0, 0.05) is 6.04 Å². The van der Waals surface area contributed by atoms with E-state index in [2.05, 4.69) is 5.32 Å². The number of rotatable bonds is 6. The molecule has 6 heteroatoms. The van der Waals surface area contributed by atoms with Gasteiger partial charge in [0.1, 0.15) is 6.54 Å². The Bertz CT molecular complexity index is 888. The van der Waals surface area contributed by atoms with Crippen molar-refractivity contribution in [3.63, 3.8) is 0 Å². The summed E-state index contributed by atoms with van der Waals surface area (Å²) in [5.41, 5.74) is 3.48. The number of benzene rings is 2. The van der Waals surface area contributed by atoms with Crippen molar-refractivity contribution >= 4 is 21.6 Å². The van der Waals surface area contributed by atoms with Crippen LogP contribution in [-0.2, 0) is 14.8 Å². The van der Waals surface area contributed by atoms with E-state index in [1.807, 2.05) is 40.7 Å². The SMILES string of the molecule is Cc1ccc(S(=O)(=O)N(CC(=O)NC(C)C)c2ccc(C)c(C)c2)cc1. The molecule has 2 aromatic rings. The van der Waals surface area contributed by atoms with Gasteiger partial charge in [0.2, 0.25) is 5.91 Å². The summed E-state index contributed by atoms with van der Waals surface area (Å²) in [5, 5.41) is 2.76. The van der Waals surface area contributed by atoms with E-state index < -0.39 is 10.0 Å². The van der Waals surface area contributed by atoms with E-state index in [-0.39, 0.29) is 23.4 Å². The Hall–Kier alpha value is -2.34. The van der Waals surface area contributed by atoms with Gasteiger partial charge in [-0.3, -0.25) is 9.10 Å². The first kappa shape index (κ1) is 20.0. The summed E-state index contributed by atoms with van der Waals surface area (Å²) in [7, 11) is -3.86. The average Bonchev–Trinajstić information content (AvgIpc) is 2.55. The van der Waals surface area contributed by atoms with Gasteiger partial charge >= 0.3 is 0 Å². The van der Waals surface area contributed by atoms with E-state index in [9.17, 15) is 13.2 Å². The third kappa shape index (κ3) is 4.64. The van der Waals surface area contributed by atoms with Crippen molar-refractivity contribution in [1.82, 2.24) is 5.32 Å². The standard InChI is InChI=1S/C20H26N2O3S/c1-14(2)21-20(23)13-22(18-9-8-16(4)17(5)12-18)26(24,25)19-10-6-15(3)7-11-19/h6-12,14H,13H2,1-5H3,(H,21,23). The van der Waals surface area contributed by atoms with Crippen LogP contribution in [0.15, 0.2) is 47.4 Å². The van der Waals surface area contributed by atoms with Gasteiger partial charge in [-0.05, 0) is 70.0 Å². The van der Waals surface area contributed by atoms with Gasteiger partial charge in [-0.25, -0.2) is 8.42 Å². The number of nitrogens with one attached hydrogen (secondary N) is 1. The van der Waals surface area contributed by atoms with Gasteiger partial charge in [0.05, 0.1) is 10.6 Å². The van der Waals surface area contributed by atoms with E-state index in [1.54, 1.807) is 36.4 Å². The second-order valence-electron chi connectivity index (χ2n) is 6.82. The molecule has 1 N–H and O–H groups in total. The summed E-state index contributed by atoms with van der Waals surface area (Å²) < 4.78 is 27.6. The molecule has 0 aromatic heterocycles. The van der Waals surface area contributed by atoms with Crippen molar-refractivity contribution in [3.8, 4) is 0 Å². The molecular formula is C20H26N2O3S. The quantitative estimate of drug-likeness (QED) is 0.843. The molecule has 0 atom stereocenters. The van der Waals surface area contributed by atoms with Gasteiger partial charge in [0.25, 0.3) is 10.0 Å². The van der Waals surface area contributed by atoms with Crippen LogP contribution in [0.1, 0.15) is 30.5 Å². The maximum atomic E-state index is 13.2. The molecule has 0 aliphatic carbocycles. The third-order valence-corrected chi connectivity index (χ3v) is 5.91. The highest BCUT2D eigenvalue weighted by Crippen LogP contribution is 2.25. The minimum atomic E-state index is -3.86. The summed E-state index contributed by atoms with van der Waals surface area (Å²) in [6, 6.07) is 12.0. The lowest BCUT2D eigenvalue weighted by Crippen LogP contribution is -2.43. The number of hydrogen-bond acceptors (Lipinski definition) is 3. The Kier molecular flexibility index (Phi) is 6.08. The monoisotopic (exact) mass is 374 g/mol. The third-order valence-electron chi connectivity index (χ3n) is 4.12. The lowest BCUT2D eigenvalue weighted by atomic mass is 10.1. The summed E-state index contributed by atoms with van der Waals surface area (Å²) in [6.07, 6.45) is 0. The molecule has 0 fully saturated rings. The molecule has 0 bridgehead atoms. The molecule has 140 valence electrons. The minimum Gasteiger partial charge on any atom is -0.352 e. The van der Waals surface area contributed by atoms with Crippen LogP contribution in [0.3, 0.4) is 0 Å². The van der Waals surface area contributed by atoms with Crippen molar-refractivity contribution in [2.75, 3.05) is 10.8 Å². The zero-order valence-electron chi connectivity index (χ0n) is 15.9. The molecule has 2 aromatic carbocycles. The maximum Gasteiger partial charge on any atom is 0.264 e. The number of hydrogen-bond donors (Lipinski definition) is 1. The lowest BCUT2D eigenvalue weighted by Gasteiger charge is -2.25. The second kappa shape index (κ2) is 7.91. The van der Waals surface area contributed by atoms with Crippen LogP contribution in [-0.4, -0.2) is 26.9 Å². The van der Waals surface area contributed by atoms with Gasteiger partial charge < -0.3 is 5.32 Å². The topological polar surface area (TPSA) is 66.5 Å². The van der Waals surface area contributed by atoms with Crippen LogP contribution in [0.5, 0.6) is 0 Å². The highest BCUT2D eigenvalue weighted by Gasteiger charge is 2.27. The number of amides is 1. The van der Waals surface area contributed by atoms with Gasteiger partial charge in [0.15, 0.2) is 0 Å². The van der Waals surface area contributed by atoms with Crippen molar-refractivity contribution in [2.45, 2.75) is 45.6 Å². The van der Waals surface area contributed by atoms with Crippen LogP contribution in [0, 0.1) is 20.8 Å². The van der Waals surface area contributed by atoms with E-state index in [1.165, 1.54) is 4.31 Å². The summed E-state index contributed by atoms with van der Waals surface area (Å²) in [6.45, 7) is 9.19. The van der Waals surface area contributed by atoms with E-state index in [4.69, 9.17) is 0 Å². The number of nitrogens with zero attached hydrogens (tertiary/aromatic N) is 1. The molecule has 0 saturated carbocycles. The zero-order valence-corrected chi connectivity index (χ0v) is 16.7. The first-order valence-electron chi connectivity index (χ1n) is 8.57. The molecule has 0 heterocycles. The predicted molar refractivity (Wildman–Crippen MR) is 105 cm³/mol. The lowest BCUT2D eigenvalue weighted by molar-refractivity contribution is -0.120. The van der Waals surface area contributed by atoms with Crippen LogP contribution in [0.25, 0.3) is 0 Å². The van der Waals surface area contributed by atoms with E-state index >= 15 is 0 Å². The molecule has 0 aliphatic heterocycles.